The molecule has 0 aliphatic rings. The van der Waals surface area contributed by atoms with Crippen LogP contribution in [0.5, 0.6) is 0 Å². The molecule has 1 atom stereocenters. The fourth-order valence-electron chi connectivity index (χ4n) is 1.73. The predicted octanol–water partition coefficient (Wildman–Crippen LogP) is 3.54. The van der Waals surface area contributed by atoms with Crippen molar-refractivity contribution in [2.24, 2.45) is 5.92 Å². The first-order chi connectivity index (χ1) is 10.2. The summed E-state index contributed by atoms with van der Waals surface area (Å²) in [6.07, 6.45) is 18.6. The van der Waals surface area contributed by atoms with Gasteiger partial charge in [0.1, 0.15) is 0 Å². The molecule has 1 unspecified atom stereocenters. The molecule has 0 rings (SSSR count). The number of nitrogens with one attached hydrogen (secondary N) is 1. The quantitative estimate of drug-likeness (QED) is 0.177. The van der Waals surface area contributed by atoms with Crippen LogP contribution in [0.1, 0.15) is 19.3 Å². The van der Waals surface area contributed by atoms with Crippen molar-refractivity contribution < 1.29 is 0 Å². The maximum atomic E-state index is 4.12. The fourth-order valence-corrected chi connectivity index (χ4v) is 2.33. The normalized spacial score (nSPS) is 13.4. The second-order valence-corrected chi connectivity index (χ2v) is 6.31. The molecule has 1 N–H and O–H groups in total. The first-order valence-electron chi connectivity index (χ1n) is 7.40. The molecular weight excluding hydrogens is 293 g/mol. The maximum absolute atomic E-state index is 4.12. The Morgan fingerprint density at radius 3 is 2.81 bits per heavy atom. The Balaban J connectivity index is 4.02. The second kappa shape index (κ2) is 15.9. The zero-order valence-electron chi connectivity index (χ0n) is 13.1. The second-order valence-electron chi connectivity index (χ2n) is 4.75. The third-order valence-electron chi connectivity index (χ3n) is 2.80. The van der Waals surface area contributed by atoms with Crippen molar-refractivity contribution in [3.05, 3.63) is 47.9 Å². The van der Waals surface area contributed by atoms with Crippen LogP contribution >= 0.6 is 24.4 Å². The van der Waals surface area contributed by atoms with Gasteiger partial charge in [0.25, 0.3) is 0 Å². The van der Waals surface area contributed by atoms with E-state index < -0.39 is 0 Å². The molecule has 0 aromatic heterocycles. The number of thioether (sulfide) groups is 1. The van der Waals surface area contributed by atoms with Crippen molar-refractivity contribution in [1.82, 2.24) is 5.32 Å². The van der Waals surface area contributed by atoms with Crippen molar-refractivity contribution >= 4 is 37.8 Å². The van der Waals surface area contributed by atoms with Crippen LogP contribution in [0.3, 0.4) is 0 Å². The van der Waals surface area contributed by atoms with E-state index in [9.17, 15) is 0 Å². The summed E-state index contributed by atoms with van der Waals surface area (Å²) in [4.78, 5) is 0.782. The Kier molecular flexibility index (Phi) is 15.6. The van der Waals surface area contributed by atoms with Crippen LogP contribution in [0.4, 0.5) is 0 Å². The Bertz CT molecular complexity index is 362. The van der Waals surface area contributed by atoms with Crippen LogP contribution in [-0.4, -0.2) is 38.6 Å². The van der Waals surface area contributed by atoms with Crippen molar-refractivity contribution in [3.63, 3.8) is 0 Å². The van der Waals surface area contributed by atoms with Gasteiger partial charge in [-0.1, -0.05) is 0 Å². The molecular formula is C17H28BNS2. The van der Waals surface area contributed by atoms with Gasteiger partial charge in [-0.2, -0.15) is 0 Å². The molecule has 0 fully saturated rings. The van der Waals surface area contributed by atoms with Crippen molar-refractivity contribution in [1.29, 1.82) is 0 Å². The average molecular weight is 321 g/mol. The topological polar surface area (TPSA) is 12.0 Å². The summed E-state index contributed by atoms with van der Waals surface area (Å²) >= 11 is 6.04. The van der Waals surface area contributed by atoms with E-state index in [0.717, 1.165) is 18.0 Å². The molecule has 0 aromatic rings. The summed E-state index contributed by atoms with van der Waals surface area (Å²) in [7, 11) is 3.73. The van der Waals surface area contributed by atoms with Crippen LogP contribution in [0, 0.1) is 5.92 Å². The van der Waals surface area contributed by atoms with E-state index in [1.165, 1.54) is 25.0 Å². The van der Waals surface area contributed by atoms with E-state index in [0.29, 0.717) is 5.92 Å². The van der Waals surface area contributed by atoms with Crippen molar-refractivity contribution in [2.45, 2.75) is 19.3 Å². The number of hydrogen-bond donors (Lipinski definition) is 2. The Labute approximate surface area is 141 Å². The summed E-state index contributed by atoms with van der Waals surface area (Å²) in [5.41, 5.74) is 0. The van der Waals surface area contributed by atoms with Gasteiger partial charge >= 0.3 is 141 Å². The van der Waals surface area contributed by atoms with Crippen LogP contribution in [0.2, 0.25) is 0 Å². The van der Waals surface area contributed by atoms with Gasteiger partial charge in [0.05, 0.1) is 0 Å². The number of hydrogen-bond acceptors (Lipinski definition) is 3. The standard InChI is InChI=1S/C17H28BNS2/c1-16(20)9-8-13-19-15-17(11-7-12-18)10-5-3-4-6-14-21-2/h5,7-12,17-20H,1,3-4,6,13-15H2,2H3/b9-8-,10-5-,11-7?. The first-order valence-corrected chi connectivity index (χ1v) is 9.24. The van der Waals surface area contributed by atoms with E-state index in [1.54, 1.807) is 0 Å². The van der Waals surface area contributed by atoms with E-state index in [1.807, 2.05) is 36.0 Å². The van der Waals surface area contributed by atoms with E-state index in [4.69, 9.17) is 0 Å². The summed E-state index contributed by atoms with van der Waals surface area (Å²) < 4.78 is 0. The molecule has 0 saturated carbocycles. The zero-order valence-corrected chi connectivity index (χ0v) is 14.8. The third kappa shape index (κ3) is 15.8. The van der Waals surface area contributed by atoms with Crippen LogP contribution in [0.15, 0.2) is 47.9 Å². The average Bonchev–Trinajstić information content (AvgIpc) is 2.46. The molecule has 0 saturated heterocycles. The Hall–Kier alpha value is -0.445. The third-order valence-corrected chi connectivity index (χ3v) is 3.65. The van der Waals surface area contributed by atoms with Gasteiger partial charge < -0.3 is 0 Å². The van der Waals surface area contributed by atoms with E-state index in [-0.39, 0.29) is 0 Å². The number of unbranched alkanes of at least 4 members (excludes halogenated alkanes) is 2. The number of rotatable bonds is 13. The van der Waals surface area contributed by atoms with Crippen LogP contribution < -0.4 is 5.32 Å². The summed E-state index contributed by atoms with van der Waals surface area (Å²) in [5.74, 6) is 3.50. The molecule has 0 aliphatic carbocycles. The molecule has 0 aromatic carbocycles. The van der Waals surface area contributed by atoms with Crippen molar-refractivity contribution in [2.75, 3.05) is 25.1 Å². The Morgan fingerprint density at radius 2 is 2.14 bits per heavy atom. The monoisotopic (exact) mass is 321 g/mol. The van der Waals surface area contributed by atoms with Gasteiger partial charge in [0.2, 0.25) is 0 Å². The van der Waals surface area contributed by atoms with Gasteiger partial charge in [-0.15, -0.1) is 0 Å². The number of allylic oxidation sites excluding steroid dienone is 3. The molecule has 0 amide bonds. The fraction of sp³-hybridized carbons (Fsp3) is 0.471. The Morgan fingerprint density at radius 1 is 1.33 bits per heavy atom. The van der Waals surface area contributed by atoms with Crippen LogP contribution in [-0.2, 0) is 0 Å². The molecule has 0 bridgehead atoms. The summed E-state index contributed by atoms with van der Waals surface area (Å²) in [5, 5.41) is 3.41. The van der Waals surface area contributed by atoms with Crippen molar-refractivity contribution in [3.8, 4) is 0 Å². The summed E-state index contributed by atoms with van der Waals surface area (Å²) in [6.45, 7) is 5.47. The van der Waals surface area contributed by atoms with Gasteiger partial charge in [-0.3, -0.25) is 0 Å². The minimum atomic E-state index is 0.413. The molecule has 0 radical (unpaired) electrons. The molecule has 0 heterocycles. The minimum absolute atomic E-state index is 0.413. The van der Waals surface area contributed by atoms with Gasteiger partial charge in [0.15, 0.2) is 0 Å². The van der Waals surface area contributed by atoms with Gasteiger partial charge in [-0.25, -0.2) is 0 Å². The first kappa shape index (κ1) is 20.6. The van der Waals surface area contributed by atoms with E-state index in [2.05, 4.69) is 56.5 Å². The predicted molar refractivity (Wildman–Crippen MR) is 107 cm³/mol. The molecule has 116 valence electrons. The SMILES string of the molecule is B=CC=CC(/C=C\CCCCSC)CNC/C=C\C(=C)S. The number of thiol groups is 1. The van der Waals surface area contributed by atoms with E-state index >= 15 is 0 Å². The molecule has 0 spiro atoms. The summed E-state index contributed by atoms with van der Waals surface area (Å²) in [6, 6.07) is 0. The zero-order chi connectivity index (χ0) is 15.8. The van der Waals surface area contributed by atoms with Crippen LogP contribution in [0.25, 0.3) is 0 Å². The molecule has 0 aliphatic heterocycles. The van der Waals surface area contributed by atoms with Gasteiger partial charge in [-0.05, 0) is 0 Å². The van der Waals surface area contributed by atoms with Gasteiger partial charge in [0, 0.05) is 0 Å². The molecule has 4 heteroatoms. The molecule has 1 nitrogen and oxygen atoms in total. The molecule has 21 heavy (non-hydrogen) atoms.